The van der Waals surface area contributed by atoms with E-state index in [2.05, 4.69) is 16.0 Å². The second kappa shape index (κ2) is 10.1. The van der Waals surface area contributed by atoms with Crippen molar-refractivity contribution < 1.29 is 18.4 Å². The molecule has 7 heteroatoms. The summed E-state index contributed by atoms with van der Waals surface area (Å²) in [6.45, 7) is 1.77. The van der Waals surface area contributed by atoms with Gasteiger partial charge in [0.2, 0.25) is 11.8 Å². The molecule has 2 aromatic carbocycles. The van der Waals surface area contributed by atoms with Crippen LogP contribution in [0, 0.1) is 23.5 Å². The summed E-state index contributed by atoms with van der Waals surface area (Å²) in [6, 6.07) is 12.3. The van der Waals surface area contributed by atoms with Crippen molar-refractivity contribution in [3.63, 3.8) is 0 Å². The van der Waals surface area contributed by atoms with E-state index in [4.69, 9.17) is 0 Å². The minimum atomic E-state index is -0.422. The third-order valence-corrected chi connectivity index (χ3v) is 5.14. The molecule has 0 aliphatic carbocycles. The smallest absolute Gasteiger partial charge is 0.225 e. The molecule has 0 unspecified atom stereocenters. The maximum atomic E-state index is 12.9. The highest BCUT2D eigenvalue weighted by atomic mass is 19.1. The molecular formula is C22H25F2N3O2. The molecule has 0 bridgehead atoms. The number of benzene rings is 2. The quantitative estimate of drug-likeness (QED) is 0.632. The van der Waals surface area contributed by atoms with Crippen LogP contribution in [-0.4, -0.2) is 38.0 Å². The molecule has 2 atom stereocenters. The molecule has 1 fully saturated rings. The second-order valence-electron chi connectivity index (χ2n) is 7.21. The molecule has 0 aromatic heterocycles. The van der Waals surface area contributed by atoms with Crippen molar-refractivity contribution in [1.82, 2.24) is 16.0 Å². The van der Waals surface area contributed by atoms with E-state index in [1.165, 1.54) is 24.3 Å². The Bertz CT molecular complexity index is 755. The molecule has 1 saturated heterocycles. The fraction of sp³-hybridized carbons (Fsp3) is 0.364. The van der Waals surface area contributed by atoms with Crippen molar-refractivity contribution in [2.45, 2.75) is 12.8 Å². The summed E-state index contributed by atoms with van der Waals surface area (Å²) in [5, 5.41) is 8.85. The molecule has 0 radical (unpaired) electrons. The first-order chi connectivity index (χ1) is 14.0. The molecule has 1 heterocycles. The molecule has 1 aliphatic heterocycles. The van der Waals surface area contributed by atoms with Crippen LogP contribution in [0.4, 0.5) is 8.78 Å². The van der Waals surface area contributed by atoms with Gasteiger partial charge < -0.3 is 16.0 Å². The Morgan fingerprint density at radius 3 is 1.52 bits per heavy atom. The Labute approximate surface area is 168 Å². The van der Waals surface area contributed by atoms with Crippen molar-refractivity contribution in [3.8, 4) is 0 Å². The molecule has 2 aromatic rings. The molecule has 0 spiro atoms. The zero-order valence-corrected chi connectivity index (χ0v) is 16.1. The highest BCUT2D eigenvalue weighted by molar-refractivity contribution is 5.88. The number of carbonyl (C=O) groups is 2. The van der Waals surface area contributed by atoms with E-state index in [9.17, 15) is 18.4 Å². The Balaban J connectivity index is 1.42. The predicted octanol–water partition coefficient (Wildman–Crippen LogP) is 1.82. The highest BCUT2D eigenvalue weighted by Crippen LogP contribution is 2.17. The van der Waals surface area contributed by atoms with Crippen LogP contribution in [0.25, 0.3) is 0 Å². The first-order valence-corrected chi connectivity index (χ1v) is 9.78. The van der Waals surface area contributed by atoms with E-state index in [-0.39, 0.29) is 23.4 Å². The lowest BCUT2D eigenvalue weighted by atomic mass is 9.94. The van der Waals surface area contributed by atoms with Gasteiger partial charge in [-0.1, -0.05) is 24.3 Å². The molecule has 3 N–H and O–H groups in total. The molecular weight excluding hydrogens is 376 g/mol. The zero-order valence-electron chi connectivity index (χ0n) is 16.1. The summed E-state index contributed by atoms with van der Waals surface area (Å²) in [7, 11) is 0. The van der Waals surface area contributed by atoms with Gasteiger partial charge in [0.05, 0.1) is 11.8 Å². The summed E-state index contributed by atoms with van der Waals surface area (Å²) >= 11 is 0. The normalized spacial score (nSPS) is 18.4. The first-order valence-electron chi connectivity index (χ1n) is 9.78. The average Bonchev–Trinajstić information content (AvgIpc) is 3.21. The fourth-order valence-electron chi connectivity index (χ4n) is 3.45. The van der Waals surface area contributed by atoms with Gasteiger partial charge in [-0.25, -0.2) is 8.78 Å². The summed E-state index contributed by atoms with van der Waals surface area (Å²) in [5.41, 5.74) is 1.87. The fourth-order valence-corrected chi connectivity index (χ4v) is 3.45. The van der Waals surface area contributed by atoms with E-state index < -0.39 is 11.8 Å². The van der Waals surface area contributed by atoms with Crippen molar-refractivity contribution >= 4 is 11.8 Å². The van der Waals surface area contributed by atoms with E-state index in [1.54, 1.807) is 24.3 Å². The maximum absolute atomic E-state index is 12.9. The summed E-state index contributed by atoms with van der Waals surface area (Å²) in [4.78, 5) is 25.0. The Hall–Kier alpha value is -2.80. The minimum absolute atomic E-state index is 0.157. The lowest BCUT2D eigenvalue weighted by Gasteiger charge is -2.18. The number of nitrogens with one attached hydrogen (secondary N) is 3. The van der Waals surface area contributed by atoms with E-state index in [0.717, 1.165) is 11.1 Å². The zero-order chi connectivity index (χ0) is 20.6. The summed E-state index contributed by atoms with van der Waals surface area (Å²) in [6.07, 6.45) is 1.20. The molecule has 5 nitrogen and oxygen atoms in total. The third-order valence-electron chi connectivity index (χ3n) is 5.14. The van der Waals surface area contributed by atoms with Crippen LogP contribution in [0.3, 0.4) is 0 Å². The van der Waals surface area contributed by atoms with Gasteiger partial charge in [-0.05, 0) is 48.2 Å². The molecule has 154 valence electrons. The van der Waals surface area contributed by atoms with Crippen LogP contribution < -0.4 is 16.0 Å². The van der Waals surface area contributed by atoms with E-state index >= 15 is 0 Å². The Kier molecular flexibility index (Phi) is 7.30. The van der Waals surface area contributed by atoms with Crippen LogP contribution in [-0.2, 0) is 22.4 Å². The standard InChI is InChI=1S/C22H25F2N3O2/c23-17-5-1-15(2-6-17)9-11-26-21(28)19-13-25-14-20(19)22(29)27-12-10-16-3-7-18(24)8-4-16/h1-8,19-20,25H,9-14H2,(H,26,28)(H,27,29)/t19-,20-/m1/s1. The van der Waals surface area contributed by atoms with Crippen LogP contribution >= 0.6 is 0 Å². The molecule has 1 aliphatic rings. The van der Waals surface area contributed by atoms with Gasteiger partial charge in [0.25, 0.3) is 0 Å². The third kappa shape index (κ3) is 6.09. The van der Waals surface area contributed by atoms with Crippen LogP contribution in [0.15, 0.2) is 48.5 Å². The minimum Gasteiger partial charge on any atom is -0.355 e. The average molecular weight is 401 g/mol. The first kappa shape index (κ1) is 20.9. The van der Waals surface area contributed by atoms with Gasteiger partial charge in [0.15, 0.2) is 0 Å². The van der Waals surface area contributed by atoms with E-state index in [1.807, 2.05) is 0 Å². The number of hydrogen-bond donors (Lipinski definition) is 3. The van der Waals surface area contributed by atoms with Crippen molar-refractivity contribution in [1.29, 1.82) is 0 Å². The molecule has 0 saturated carbocycles. The number of rotatable bonds is 8. The molecule has 3 rings (SSSR count). The van der Waals surface area contributed by atoms with E-state index in [0.29, 0.717) is 39.0 Å². The van der Waals surface area contributed by atoms with Crippen LogP contribution in [0.1, 0.15) is 11.1 Å². The van der Waals surface area contributed by atoms with Crippen molar-refractivity contribution in [3.05, 3.63) is 71.3 Å². The Morgan fingerprint density at radius 1 is 0.759 bits per heavy atom. The molecule has 29 heavy (non-hydrogen) atoms. The number of amides is 2. The van der Waals surface area contributed by atoms with Crippen LogP contribution in [0.2, 0.25) is 0 Å². The molecule has 2 amide bonds. The van der Waals surface area contributed by atoms with Gasteiger partial charge in [0, 0.05) is 26.2 Å². The largest absolute Gasteiger partial charge is 0.355 e. The lowest BCUT2D eigenvalue weighted by Crippen LogP contribution is -2.42. The number of carbonyl (C=O) groups excluding carboxylic acids is 2. The summed E-state index contributed by atoms with van der Waals surface area (Å²) in [5.74, 6) is -1.74. The Morgan fingerprint density at radius 2 is 1.14 bits per heavy atom. The van der Waals surface area contributed by atoms with Crippen LogP contribution in [0.5, 0.6) is 0 Å². The van der Waals surface area contributed by atoms with Crippen molar-refractivity contribution in [2.75, 3.05) is 26.2 Å². The van der Waals surface area contributed by atoms with Gasteiger partial charge in [0.1, 0.15) is 11.6 Å². The number of hydrogen-bond acceptors (Lipinski definition) is 3. The van der Waals surface area contributed by atoms with Gasteiger partial charge >= 0.3 is 0 Å². The summed E-state index contributed by atoms with van der Waals surface area (Å²) < 4.78 is 25.9. The second-order valence-corrected chi connectivity index (χ2v) is 7.21. The van der Waals surface area contributed by atoms with Gasteiger partial charge in [-0.15, -0.1) is 0 Å². The monoisotopic (exact) mass is 401 g/mol. The van der Waals surface area contributed by atoms with Crippen molar-refractivity contribution in [2.24, 2.45) is 11.8 Å². The highest BCUT2D eigenvalue weighted by Gasteiger charge is 2.37. The number of halogens is 2. The topological polar surface area (TPSA) is 70.2 Å². The SMILES string of the molecule is O=C(NCCc1ccc(F)cc1)[C@@H]1CNC[C@H]1C(=O)NCCc1ccc(F)cc1. The van der Waals surface area contributed by atoms with Gasteiger partial charge in [-0.2, -0.15) is 0 Å². The van der Waals surface area contributed by atoms with Gasteiger partial charge in [-0.3, -0.25) is 9.59 Å². The lowest BCUT2D eigenvalue weighted by molar-refractivity contribution is -0.132. The predicted molar refractivity (Wildman–Crippen MR) is 106 cm³/mol. The maximum Gasteiger partial charge on any atom is 0.225 e.